The average Bonchev–Trinajstić information content (AvgIpc) is 3.05. The minimum Gasteiger partial charge on any atom is -0.360 e. The number of halogens is 1. The number of hydrogen-bond acceptors (Lipinski definition) is 3. The molecule has 0 radical (unpaired) electrons. The van der Waals surface area contributed by atoms with Gasteiger partial charge in [0.1, 0.15) is 5.82 Å². The third kappa shape index (κ3) is 3.86. The molecule has 0 spiro atoms. The number of anilines is 1. The van der Waals surface area contributed by atoms with Crippen LogP contribution in [0.25, 0.3) is 11.4 Å². The van der Waals surface area contributed by atoms with Gasteiger partial charge in [0, 0.05) is 17.8 Å². The molecule has 0 aliphatic carbocycles. The summed E-state index contributed by atoms with van der Waals surface area (Å²) < 4.78 is 18.0. The molecule has 3 aromatic rings. The Hall–Kier alpha value is -2.51. The van der Waals surface area contributed by atoms with E-state index < -0.39 is 0 Å². The van der Waals surface area contributed by atoms with Gasteiger partial charge in [0.2, 0.25) is 4.77 Å². The summed E-state index contributed by atoms with van der Waals surface area (Å²) in [5, 5.41) is 4.83. The summed E-state index contributed by atoms with van der Waals surface area (Å²) in [5.74, 6) is 0.737. The summed E-state index contributed by atoms with van der Waals surface area (Å²) >= 11 is 5.70. The van der Waals surface area contributed by atoms with Gasteiger partial charge in [-0.25, -0.2) is 4.39 Å². The van der Waals surface area contributed by atoms with Crippen LogP contribution in [0.5, 0.6) is 0 Å². The molecule has 7 heteroatoms. The van der Waals surface area contributed by atoms with E-state index in [9.17, 15) is 4.39 Å². The van der Waals surface area contributed by atoms with E-state index in [1.165, 1.54) is 17.0 Å². The lowest BCUT2D eigenvalue weighted by Crippen LogP contribution is -3.14. The number of nitrogens with one attached hydrogen (secondary N) is 1. The van der Waals surface area contributed by atoms with Gasteiger partial charge in [-0.2, -0.15) is 4.68 Å². The molecule has 2 aromatic carbocycles. The number of aromatic nitrogens is 3. The molecule has 0 bridgehead atoms. The van der Waals surface area contributed by atoms with E-state index >= 15 is 0 Å². The lowest BCUT2D eigenvalue weighted by molar-refractivity contribution is -0.924. The smallest absolute Gasteiger partial charge is 0.203 e. The monoisotopic (exact) mass is 398 g/mol. The number of rotatable bonds is 5. The van der Waals surface area contributed by atoms with Crippen LogP contribution in [-0.4, -0.2) is 40.5 Å². The largest absolute Gasteiger partial charge is 0.360 e. The van der Waals surface area contributed by atoms with Gasteiger partial charge >= 0.3 is 0 Å². The van der Waals surface area contributed by atoms with Crippen molar-refractivity contribution in [3.63, 3.8) is 0 Å². The zero-order chi connectivity index (χ0) is 19.5. The number of hydrogen-bond donors (Lipinski definition) is 1. The van der Waals surface area contributed by atoms with Crippen molar-refractivity contribution in [3.8, 4) is 11.4 Å². The van der Waals surface area contributed by atoms with Gasteiger partial charge in [0.15, 0.2) is 12.5 Å². The second kappa shape index (κ2) is 8.24. The molecule has 1 aromatic heterocycles. The summed E-state index contributed by atoms with van der Waals surface area (Å²) in [7, 11) is 0. The number of quaternary nitrogens is 1. The summed E-state index contributed by atoms with van der Waals surface area (Å²) in [6.07, 6.45) is 0. The number of nitrogens with zero attached hydrogens (tertiary/aromatic N) is 4. The Morgan fingerprint density at radius 2 is 1.71 bits per heavy atom. The fraction of sp³-hybridized carbons (Fsp3) is 0.333. The summed E-state index contributed by atoms with van der Waals surface area (Å²) in [6, 6.07) is 17.0. The van der Waals surface area contributed by atoms with Crippen molar-refractivity contribution >= 4 is 17.9 Å². The van der Waals surface area contributed by atoms with Crippen LogP contribution in [0.2, 0.25) is 0 Å². The predicted octanol–water partition coefficient (Wildman–Crippen LogP) is 2.60. The SMILES string of the molecule is CCn1c(-c2ccccc2)nn(C[NH+]2CCN(c3ccc(F)cc3)CC2)c1=S. The Labute approximate surface area is 169 Å². The highest BCUT2D eigenvalue weighted by molar-refractivity contribution is 7.71. The van der Waals surface area contributed by atoms with Crippen molar-refractivity contribution in [2.24, 2.45) is 0 Å². The summed E-state index contributed by atoms with van der Waals surface area (Å²) in [6.45, 7) is 7.54. The van der Waals surface area contributed by atoms with Gasteiger partial charge in [-0.05, 0) is 43.4 Å². The van der Waals surface area contributed by atoms with Crippen LogP contribution in [0.4, 0.5) is 10.1 Å². The molecule has 4 rings (SSSR count). The molecule has 1 saturated heterocycles. The van der Waals surface area contributed by atoms with E-state index in [-0.39, 0.29) is 5.82 Å². The molecule has 5 nitrogen and oxygen atoms in total. The van der Waals surface area contributed by atoms with Crippen LogP contribution in [0.3, 0.4) is 0 Å². The highest BCUT2D eigenvalue weighted by atomic mass is 32.1. The molecule has 1 aliphatic heterocycles. The number of piperazine rings is 1. The Bertz CT molecular complexity index is 972. The molecular formula is C21H25FN5S+. The van der Waals surface area contributed by atoms with Gasteiger partial charge in [-0.3, -0.25) is 0 Å². The second-order valence-corrected chi connectivity index (χ2v) is 7.45. The summed E-state index contributed by atoms with van der Waals surface area (Å²) in [4.78, 5) is 3.76. The molecule has 0 unspecified atom stereocenters. The second-order valence-electron chi connectivity index (χ2n) is 7.09. The van der Waals surface area contributed by atoms with Crippen molar-refractivity contribution in [3.05, 3.63) is 65.2 Å². The highest BCUT2D eigenvalue weighted by Gasteiger charge is 2.22. The van der Waals surface area contributed by atoms with E-state index in [4.69, 9.17) is 17.3 Å². The van der Waals surface area contributed by atoms with Crippen molar-refractivity contribution in [2.75, 3.05) is 31.1 Å². The Morgan fingerprint density at radius 1 is 1.04 bits per heavy atom. The maximum absolute atomic E-state index is 13.1. The minimum absolute atomic E-state index is 0.192. The molecule has 1 N–H and O–H groups in total. The molecule has 146 valence electrons. The fourth-order valence-electron chi connectivity index (χ4n) is 3.73. The Balaban J connectivity index is 1.46. The first-order chi connectivity index (χ1) is 13.7. The number of benzene rings is 2. The molecular weight excluding hydrogens is 373 g/mol. The highest BCUT2D eigenvalue weighted by Crippen LogP contribution is 2.18. The quantitative estimate of drug-likeness (QED) is 0.670. The van der Waals surface area contributed by atoms with E-state index in [2.05, 4.69) is 28.5 Å². The predicted molar refractivity (Wildman–Crippen MR) is 111 cm³/mol. The third-order valence-corrected chi connectivity index (χ3v) is 5.74. The Morgan fingerprint density at radius 3 is 2.36 bits per heavy atom. The molecule has 0 amide bonds. The lowest BCUT2D eigenvalue weighted by Gasteiger charge is -2.33. The van der Waals surface area contributed by atoms with Gasteiger partial charge in [0.05, 0.1) is 26.2 Å². The van der Waals surface area contributed by atoms with Crippen LogP contribution >= 0.6 is 12.2 Å². The fourth-order valence-corrected chi connectivity index (χ4v) is 4.05. The average molecular weight is 399 g/mol. The van der Waals surface area contributed by atoms with E-state index in [0.717, 1.165) is 61.2 Å². The van der Waals surface area contributed by atoms with Crippen LogP contribution in [-0.2, 0) is 13.2 Å². The van der Waals surface area contributed by atoms with Gasteiger partial charge < -0.3 is 14.4 Å². The van der Waals surface area contributed by atoms with Crippen molar-refractivity contribution < 1.29 is 9.29 Å². The first-order valence-electron chi connectivity index (χ1n) is 9.73. The molecule has 1 aliphatic rings. The zero-order valence-corrected chi connectivity index (χ0v) is 16.8. The van der Waals surface area contributed by atoms with Crippen LogP contribution in [0.1, 0.15) is 6.92 Å². The van der Waals surface area contributed by atoms with E-state index in [0.29, 0.717) is 0 Å². The maximum atomic E-state index is 13.1. The normalized spacial score (nSPS) is 15.1. The molecule has 1 fully saturated rings. The Kier molecular flexibility index (Phi) is 5.54. The van der Waals surface area contributed by atoms with Crippen LogP contribution < -0.4 is 9.80 Å². The molecule has 0 atom stereocenters. The van der Waals surface area contributed by atoms with Gasteiger partial charge in [-0.1, -0.05) is 30.3 Å². The third-order valence-electron chi connectivity index (χ3n) is 5.31. The minimum atomic E-state index is -0.192. The van der Waals surface area contributed by atoms with Gasteiger partial charge in [-0.15, -0.1) is 5.10 Å². The van der Waals surface area contributed by atoms with Crippen molar-refractivity contribution in [2.45, 2.75) is 20.1 Å². The topological polar surface area (TPSA) is 30.4 Å². The lowest BCUT2D eigenvalue weighted by atomic mass is 10.2. The molecule has 2 heterocycles. The summed E-state index contributed by atoms with van der Waals surface area (Å²) in [5.41, 5.74) is 2.17. The van der Waals surface area contributed by atoms with Crippen LogP contribution in [0.15, 0.2) is 54.6 Å². The zero-order valence-electron chi connectivity index (χ0n) is 16.0. The molecule has 0 saturated carbocycles. The van der Waals surface area contributed by atoms with Crippen LogP contribution in [0, 0.1) is 10.6 Å². The van der Waals surface area contributed by atoms with Gasteiger partial charge in [0.25, 0.3) is 0 Å². The molecule has 28 heavy (non-hydrogen) atoms. The van der Waals surface area contributed by atoms with Crippen molar-refractivity contribution in [1.29, 1.82) is 0 Å². The first-order valence-corrected chi connectivity index (χ1v) is 10.1. The van der Waals surface area contributed by atoms with E-state index in [1.54, 1.807) is 0 Å². The van der Waals surface area contributed by atoms with E-state index in [1.807, 2.05) is 35.0 Å². The standard InChI is InChI=1S/C21H24FN5S/c1-2-26-20(17-6-4-3-5-7-17)23-27(21(26)28)16-24-12-14-25(15-13-24)19-10-8-18(22)9-11-19/h3-11H,2,12-16H2,1H3/p+1. The van der Waals surface area contributed by atoms with Crippen molar-refractivity contribution in [1.82, 2.24) is 14.3 Å². The first kappa shape index (κ1) is 18.8. The maximum Gasteiger partial charge on any atom is 0.203 e.